The van der Waals surface area contributed by atoms with Crippen molar-refractivity contribution in [2.45, 2.75) is 19.6 Å². The summed E-state index contributed by atoms with van der Waals surface area (Å²) in [6, 6.07) is 12.2. The number of nitriles is 1. The second-order valence-corrected chi connectivity index (χ2v) is 8.09. The van der Waals surface area contributed by atoms with Crippen LogP contribution in [0, 0.1) is 17.1 Å². The minimum absolute atomic E-state index is 0.298. The van der Waals surface area contributed by atoms with Gasteiger partial charge in [-0.15, -0.1) is 0 Å². The van der Waals surface area contributed by atoms with Crippen molar-refractivity contribution in [1.29, 1.82) is 5.26 Å². The van der Waals surface area contributed by atoms with Gasteiger partial charge < -0.3 is 20.6 Å². The molecule has 33 heavy (non-hydrogen) atoms. The fourth-order valence-electron chi connectivity index (χ4n) is 3.87. The first-order valence-corrected chi connectivity index (χ1v) is 10.5. The largest absolute Gasteiger partial charge is 0.382 e. The highest BCUT2D eigenvalue weighted by atomic mass is 35.5. The van der Waals surface area contributed by atoms with Crippen molar-refractivity contribution in [2.24, 2.45) is 0 Å². The average molecular weight is 461 g/mol. The Kier molecular flexibility index (Phi) is 5.38. The number of rotatable bonds is 6. The Balaban J connectivity index is 1.39. The Morgan fingerprint density at radius 1 is 1.12 bits per heavy atom. The van der Waals surface area contributed by atoms with Crippen LogP contribution >= 0.6 is 11.6 Å². The van der Waals surface area contributed by atoms with Crippen LogP contribution in [-0.4, -0.2) is 24.5 Å². The molecule has 0 aliphatic rings. The fourth-order valence-corrected chi connectivity index (χ4v) is 4.12. The number of nitrogens with two attached hydrogens (primary N) is 1. The number of nitrogens with one attached hydrogen (secondary N) is 2. The van der Waals surface area contributed by atoms with Gasteiger partial charge in [-0.05, 0) is 42.0 Å². The van der Waals surface area contributed by atoms with Crippen LogP contribution in [0.15, 0.2) is 49.1 Å². The predicted octanol–water partition coefficient (Wildman–Crippen LogP) is 3.89. The van der Waals surface area contributed by atoms with E-state index in [1.807, 2.05) is 28.8 Å². The van der Waals surface area contributed by atoms with E-state index in [-0.39, 0.29) is 5.82 Å². The topological polar surface area (TPSA) is 121 Å². The van der Waals surface area contributed by atoms with Gasteiger partial charge in [0.25, 0.3) is 0 Å². The summed E-state index contributed by atoms with van der Waals surface area (Å²) < 4.78 is 15.9. The molecule has 0 saturated heterocycles. The Morgan fingerprint density at radius 3 is 2.85 bits per heavy atom. The molecule has 0 unspecified atom stereocenters. The summed E-state index contributed by atoms with van der Waals surface area (Å²) in [4.78, 5) is 16.0. The molecule has 0 spiro atoms. The lowest BCUT2D eigenvalue weighted by Gasteiger charge is -2.07. The molecule has 0 fully saturated rings. The third kappa shape index (κ3) is 4.09. The summed E-state index contributed by atoms with van der Waals surface area (Å²) in [6.45, 7) is 1.27. The zero-order valence-electron chi connectivity index (χ0n) is 17.3. The van der Waals surface area contributed by atoms with E-state index in [2.05, 4.69) is 25.3 Å². The quantitative estimate of drug-likeness (QED) is 0.353. The first-order chi connectivity index (χ1) is 16.0. The lowest BCUT2D eigenvalue weighted by molar-refractivity contribution is 0.586. The number of halogens is 2. The lowest BCUT2D eigenvalue weighted by atomic mass is 10.1. The van der Waals surface area contributed by atoms with Crippen molar-refractivity contribution in [3.8, 4) is 6.07 Å². The Hall–Kier alpha value is -4.00. The van der Waals surface area contributed by atoms with Crippen LogP contribution in [0.3, 0.4) is 0 Å². The Labute approximate surface area is 192 Å². The van der Waals surface area contributed by atoms with Gasteiger partial charge in [0.2, 0.25) is 0 Å². The first kappa shape index (κ1) is 20.9. The molecule has 0 saturated carbocycles. The minimum atomic E-state index is -0.343. The molecule has 0 bridgehead atoms. The molecule has 4 N–H and O–H groups in total. The predicted molar refractivity (Wildman–Crippen MR) is 124 cm³/mol. The summed E-state index contributed by atoms with van der Waals surface area (Å²) in [5, 5.41) is 13.8. The molecule has 0 aliphatic heterocycles. The summed E-state index contributed by atoms with van der Waals surface area (Å²) >= 11 is 6.38. The van der Waals surface area contributed by atoms with E-state index in [0.29, 0.717) is 52.8 Å². The highest BCUT2D eigenvalue weighted by Crippen LogP contribution is 2.26. The van der Waals surface area contributed by atoms with Crippen LogP contribution in [0.5, 0.6) is 0 Å². The zero-order valence-corrected chi connectivity index (χ0v) is 18.1. The number of H-pyrrole nitrogens is 1. The van der Waals surface area contributed by atoms with Gasteiger partial charge in [-0.1, -0.05) is 11.6 Å². The van der Waals surface area contributed by atoms with Gasteiger partial charge in [0.15, 0.2) is 11.5 Å². The molecule has 3 aromatic heterocycles. The molecule has 0 radical (unpaired) electrons. The number of hydrogen-bond donors (Lipinski definition) is 3. The van der Waals surface area contributed by atoms with Gasteiger partial charge in [-0.25, -0.2) is 19.3 Å². The molecule has 0 amide bonds. The Bertz CT molecular complexity index is 1530. The highest BCUT2D eigenvalue weighted by Gasteiger charge is 2.13. The van der Waals surface area contributed by atoms with Gasteiger partial charge >= 0.3 is 0 Å². The standard InChI is InChI=1S/C23H18ClFN8/c24-17-4-14-6-18(9-28-8-15-3-13(7-26)1-2-19(15)25)32-20(14)16(5-17)10-33-12-31-21-22(27)29-11-30-23(21)33/h1-6,11-12,28,32H,8-10H2,(H2,27,29,30). The maximum Gasteiger partial charge on any atom is 0.165 e. The average Bonchev–Trinajstić information content (AvgIpc) is 3.40. The molecule has 5 rings (SSSR count). The number of nitrogen functional groups attached to an aromatic ring is 1. The summed E-state index contributed by atoms with van der Waals surface area (Å²) in [6.07, 6.45) is 3.09. The molecule has 10 heteroatoms. The number of anilines is 1. The van der Waals surface area contributed by atoms with E-state index in [1.54, 1.807) is 12.4 Å². The molecule has 0 aliphatic carbocycles. The van der Waals surface area contributed by atoms with E-state index in [0.717, 1.165) is 22.2 Å². The number of benzene rings is 2. The van der Waals surface area contributed by atoms with E-state index in [1.165, 1.54) is 18.5 Å². The molecule has 8 nitrogen and oxygen atoms in total. The summed E-state index contributed by atoms with van der Waals surface area (Å²) in [7, 11) is 0. The lowest BCUT2D eigenvalue weighted by Crippen LogP contribution is -2.14. The summed E-state index contributed by atoms with van der Waals surface area (Å²) in [5.41, 5.74) is 10.8. The fraction of sp³-hybridized carbons (Fsp3) is 0.130. The Morgan fingerprint density at radius 2 is 2.00 bits per heavy atom. The molecule has 2 aromatic carbocycles. The zero-order chi connectivity index (χ0) is 22.9. The maximum absolute atomic E-state index is 14.0. The van der Waals surface area contributed by atoms with Crippen LogP contribution in [0.2, 0.25) is 5.02 Å². The third-order valence-electron chi connectivity index (χ3n) is 5.41. The minimum Gasteiger partial charge on any atom is -0.382 e. The van der Waals surface area contributed by atoms with Crippen molar-refractivity contribution in [3.05, 3.63) is 82.3 Å². The number of fused-ring (bicyclic) bond motifs is 2. The van der Waals surface area contributed by atoms with Crippen LogP contribution in [0.4, 0.5) is 10.2 Å². The number of nitrogens with zero attached hydrogens (tertiary/aromatic N) is 5. The van der Waals surface area contributed by atoms with E-state index < -0.39 is 0 Å². The molecule has 164 valence electrons. The summed E-state index contributed by atoms with van der Waals surface area (Å²) in [5.74, 6) is -0.0100. The van der Waals surface area contributed by atoms with Crippen molar-refractivity contribution in [3.63, 3.8) is 0 Å². The van der Waals surface area contributed by atoms with Gasteiger partial charge in [0.05, 0.1) is 30.0 Å². The van der Waals surface area contributed by atoms with Crippen LogP contribution in [-0.2, 0) is 19.6 Å². The molecule has 3 heterocycles. The van der Waals surface area contributed by atoms with E-state index in [4.69, 9.17) is 22.6 Å². The van der Waals surface area contributed by atoms with E-state index >= 15 is 0 Å². The third-order valence-corrected chi connectivity index (χ3v) is 5.62. The molecule has 0 atom stereocenters. The number of imidazole rings is 1. The van der Waals surface area contributed by atoms with Crippen molar-refractivity contribution in [1.82, 2.24) is 29.8 Å². The van der Waals surface area contributed by atoms with Crippen molar-refractivity contribution >= 4 is 39.5 Å². The number of aromatic nitrogens is 5. The number of hydrogen-bond acceptors (Lipinski definition) is 6. The van der Waals surface area contributed by atoms with Gasteiger partial charge in [-0.3, -0.25) is 0 Å². The monoisotopic (exact) mass is 460 g/mol. The molecule has 5 aromatic rings. The van der Waals surface area contributed by atoms with Gasteiger partial charge in [-0.2, -0.15) is 5.26 Å². The second-order valence-electron chi connectivity index (χ2n) is 7.65. The highest BCUT2D eigenvalue weighted by molar-refractivity contribution is 6.31. The molecular weight excluding hydrogens is 443 g/mol. The van der Waals surface area contributed by atoms with Gasteiger partial charge in [0, 0.05) is 34.8 Å². The van der Waals surface area contributed by atoms with E-state index in [9.17, 15) is 4.39 Å². The second kappa shape index (κ2) is 8.50. The molecular formula is C23H18ClFN8. The first-order valence-electron chi connectivity index (χ1n) is 10.1. The van der Waals surface area contributed by atoms with Crippen LogP contribution in [0.25, 0.3) is 22.1 Å². The van der Waals surface area contributed by atoms with Crippen molar-refractivity contribution < 1.29 is 4.39 Å². The maximum atomic E-state index is 14.0. The normalized spacial score (nSPS) is 11.3. The van der Waals surface area contributed by atoms with Crippen LogP contribution < -0.4 is 11.1 Å². The van der Waals surface area contributed by atoms with Crippen LogP contribution in [0.1, 0.15) is 22.4 Å². The van der Waals surface area contributed by atoms with Crippen molar-refractivity contribution in [2.75, 3.05) is 5.73 Å². The SMILES string of the molecule is N#Cc1ccc(F)c(CNCc2cc3cc(Cl)cc(Cn4cnc5c(N)ncnc54)c3[nH]2)c1. The number of aromatic amines is 1. The van der Waals surface area contributed by atoms with Gasteiger partial charge in [0.1, 0.15) is 17.7 Å². The smallest absolute Gasteiger partial charge is 0.165 e.